The summed E-state index contributed by atoms with van der Waals surface area (Å²) in [6.45, 7) is 4.93. The van der Waals surface area contributed by atoms with Crippen molar-refractivity contribution < 1.29 is 9.59 Å². The minimum Gasteiger partial charge on any atom is -0.383 e. The minimum atomic E-state index is -0.168. The number of fused-ring (bicyclic) bond motifs is 1. The zero-order valence-corrected chi connectivity index (χ0v) is 20.2. The molecule has 2 aromatic carbocycles. The van der Waals surface area contributed by atoms with E-state index in [2.05, 4.69) is 32.6 Å². The summed E-state index contributed by atoms with van der Waals surface area (Å²) in [4.78, 5) is 35.4. The van der Waals surface area contributed by atoms with E-state index in [1.165, 1.54) is 23.5 Å². The third-order valence-corrected chi connectivity index (χ3v) is 7.24. The van der Waals surface area contributed by atoms with Gasteiger partial charge in [0.15, 0.2) is 0 Å². The number of hydrogen-bond acceptors (Lipinski definition) is 5. The van der Waals surface area contributed by atoms with Gasteiger partial charge in [0.2, 0.25) is 5.91 Å². The van der Waals surface area contributed by atoms with E-state index in [4.69, 9.17) is 5.73 Å². The fraction of sp³-hybridized carbons (Fsp3) is 0.172. The monoisotopic (exact) mass is 490 g/mol. The molecule has 2 aliphatic rings. The van der Waals surface area contributed by atoms with E-state index >= 15 is 0 Å². The molecule has 8 heteroatoms. The summed E-state index contributed by atoms with van der Waals surface area (Å²) < 4.78 is 2.19. The summed E-state index contributed by atoms with van der Waals surface area (Å²) in [7, 11) is 0. The molecule has 0 unspecified atom stereocenters. The number of aromatic nitrogens is 3. The first-order valence-electron chi connectivity index (χ1n) is 12.2. The number of nitrogens with two attached hydrogens (primary N) is 1. The standard InChI is InChI=1S/C29H26N6O2/c1-2-25(36)34-14-20-12-23(13-21(20)15-34)35-16-24(26-27(30)31-17-32-28(26)35)18-8-10-19(11-9-18)29(37)33-22-6-4-3-5-7-22/h2-11,16-17,23H,1,12-15H2,(H,33,37)(H2,30,31,32). The summed E-state index contributed by atoms with van der Waals surface area (Å²) in [5, 5.41) is 3.72. The highest BCUT2D eigenvalue weighted by Gasteiger charge is 2.34. The van der Waals surface area contributed by atoms with Crippen molar-refractivity contribution in [2.24, 2.45) is 0 Å². The normalized spacial score (nSPS) is 15.3. The third-order valence-electron chi connectivity index (χ3n) is 7.24. The molecule has 2 amide bonds. The molecule has 0 atom stereocenters. The van der Waals surface area contributed by atoms with E-state index in [1.54, 1.807) is 0 Å². The van der Waals surface area contributed by atoms with Crippen molar-refractivity contribution in [1.82, 2.24) is 19.4 Å². The van der Waals surface area contributed by atoms with Crippen molar-refractivity contribution in [2.75, 3.05) is 24.1 Å². The molecule has 8 nitrogen and oxygen atoms in total. The molecule has 4 aromatic rings. The van der Waals surface area contributed by atoms with Crippen molar-refractivity contribution >= 4 is 34.4 Å². The number of amides is 2. The first-order valence-corrected chi connectivity index (χ1v) is 12.2. The van der Waals surface area contributed by atoms with E-state index in [-0.39, 0.29) is 17.9 Å². The molecular weight excluding hydrogens is 464 g/mol. The Bertz CT molecular complexity index is 1550. The van der Waals surface area contributed by atoms with Crippen molar-refractivity contribution in [1.29, 1.82) is 0 Å². The predicted molar refractivity (Wildman–Crippen MR) is 144 cm³/mol. The van der Waals surface area contributed by atoms with Gasteiger partial charge in [-0.3, -0.25) is 9.59 Å². The van der Waals surface area contributed by atoms with Crippen LogP contribution in [0.1, 0.15) is 29.2 Å². The lowest BCUT2D eigenvalue weighted by atomic mass is 10.0. The van der Waals surface area contributed by atoms with Crippen molar-refractivity contribution in [3.8, 4) is 11.1 Å². The van der Waals surface area contributed by atoms with Gasteiger partial charge in [0.05, 0.1) is 5.39 Å². The highest BCUT2D eigenvalue weighted by Crippen LogP contribution is 2.43. The second-order valence-corrected chi connectivity index (χ2v) is 9.47. The van der Waals surface area contributed by atoms with Crippen LogP contribution in [0.15, 0.2) is 90.9 Å². The molecule has 1 aliphatic heterocycles. The summed E-state index contributed by atoms with van der Waals surface area (Å²) in [6, 6.07) is 17.1. The van der Waals surface area contributed by atoms with E-state index in [0.717, 1.165) is 40.7 Å². The number of hydrogen-bond donors (Lipinski definition) is 2. The van der Waals surface area contributed by atoms with Crippen LogP contribution in [0.25, 0.3) is 22.2 Å². The van der Waals surface area contributed by atoms with Crippen molar-refractivity contribution in [2.45, 2.75) is 18.9 Å². The summed E-state index contributed by atoms with van der Waals surface area (Å²) in [6.07, 6.45) is 6.69. The number of carbonyl (C=O) groups is 2. The maximum Gasteiger partial charge on any atom is 0.255 e. The molecule has 2 aromatic heterocycles. The third kappa shape index (κ3) is 4.06. The molecule has 6 rings (SSSR count). The first-order chi connectivity index (χ1) is 18.0. The average Bonchev–Trinajstić information content (AvgIpc) is 3.61. The van der Waals surface area contributed by atoms with Crippen LogP contribution >= 0.6 is 0 Å². The maximum absolute atomic E-state index is 12.7. The Morgan fingerprint density at radius 1 is 1.00 bits per heavy atom. The predicted octanol–water partition coefficient (Wildman–Crippen LogP) is 4.59. The Morgan fingerprint density at radius 3 is 2.38 bits per heavy atom. The smallest absolute Gasteiger partial charge is 0.255 e. The largest absolute Gasteiger partial charge is 0.383 e. The fourth-order valence-corrected chi connectivity index (χ4v) is 5.41. The van der Waals surface area contributed by atoms with Crippen LogP contribution in [0.2, 0.25) is 0 Å². The van der Waals surface area contributed by atoms with E-state index in [9.17, 15) is 9.59 Å². The van der Waals surface area contributed by atoms with E-state index < -0.39 is 0 Å². The zero-order valence-electron chi connectivity index (χ0n) is 20.2. The fourth-order valence-electron chi connectivity index (χ4n) is 5.41. The number of rotatable bonds is 5. The van der Waals surface area contributed by atoms with Gasteiger partial charge in [-0.15, -0.1) is 0 Å². The highest BCUT2D eigenvalue weighted by molar-refractivity contribution is 6.05. The van der Waals surface area contributed by atoms with Crippen LogP contribution in [-0.4, -0.2) is 44.3 Å². The van der Waals surface area contributed by atoms with Gasteiger partial charge < -0.3 is 20.5 Å². The molecule has 0 spiro atoms. The molecular formula is C29H26N6O2. The Morgan fingerprint density at radius 2 is 1.70 bits per heavy atom. The molecule has 0 radical (unpaired) electrons. The average molecular weight is 491 g/mol. The van der Waals surface area contributed by atoms with Gasteiger partial charge in [-0.1, -0.05) is 36.9 Å². The van der Waals surface area contributed by atoms with Gasteiger partial charge in [0.25, 0.3) is 5.91 Å². The lowest BCUT2D eigenvalue weighted by Crippen LogP contribution is -2.28. The highest BCUT2D eigenvalue weighted by atomic mass is 16.2. The Kier molecular flexibility index (Phi) is 5.56. The molecule has 0 fully saturated rings. The molecule has 0 saturated carbocycles. The summed E-state index contributed by atoms with van der Waals surface area (Å²) >= 11 is 0. The van der Waals surface area contributed by atoms with Crippen molar-refractivity contribution in [3.63, 3.8) is 0 Å². The van der Waals surface area contributed by atoms with Crippen LogP contribution in [-0.2, 0) is 4.79 Å². The maximum atomic E-state index is 12.7. The molecule has 0 bridgehead atoms. The number of nitrogens with one attached hydrogen (secondary N) is 1. The molecule has 37 heavy (non-hydrogen) atoms. The summed E-state index contributed by atoms with van der Waals surface area (Å²) in [5.74, 6) is 0.227. The quantitative estimate of drug-likeness (QED) is 0.314. The topological polar surface area (TPSA) is 106 Å². The Balaban J connectivity index is 1.28. The van der Waals surface area contributed by atoms with Crippen LogP contribution in [0, 0.1) is 0 Å². The van der Waals surface area contributed by atoms with Crippen LogP contribution in [0.4, 0.5) is 11.5 Å². The Labute approximate surface area is 214 Å². The van der Waals surface area contributed by atoms with Crippen LogP contribution in [0.3, 0.4) is 0 Å². The number of benzene rings is 2. The number of para-hydroxylation sites is 1. The minimum absolute atomic E-state index is 0.0268. The van der Waals surface area contributed by atoms with E-state index in [0.29, 0.717) is 24.5 Å². The molecule has 3 N–H and O–H groups in total. The molecule has 3 heterocycles. The lowest BCUT2D eigenvalue weighted by Gasteiger charge is -2.20. The number of nitrogens with zero attached hydrogens (tertiary/aromatic N) is 4. The SMILES string of the molecule is C=CC(=O)N1CC2=C(CC(n3cc(-c4ccc(C(=O)Nc5ccccc5)cc4)c4c(N)ncnc43)C2)C1. The van der Waals surface area contributed by atoms with Gasteiger partial charge >= 0.3 is 0 Å². The number of carbonyl (C=O) groups excluding carboxylic acids is 2. The van der Waals surface area contributed by atoms with Crippen molar-refractivity contribution in [3.05, 3.63) is 96.5 Å². The number of likely N-dealkylation sites (tertiary alicyclic amines) is 1. The second kappa shape index (κ2) is 9.05. The van der Waals surface area contributed by atoms with Gasteiger partial charge in [-0.2, -0.15) is 0 Å². The number of anilines is 2. The summed E-state index contributed by atoms with van der Waals surface area (Å²) in [5.41, 5.74) is 12.9. The van der Waals surface area contributed by atoms with Crippen LogP contribution in [0.5, 0.6) is 0 Å². The van der Waals surface area contributed by atoms with Gasteiger partial charge in [-0.25, -0.2) is 9.97 Å². The molecule has 0 saturated heterocycles. The van der Waals surface area contributed by atoms with Gasteiger partial charge in [0.1, 0.15) is 17.8 Å². The molecule has 184 valence electrons. The second-order valence-electron chi connectivity index (χ2n) is 9.47. The van der Waals surface area contributed by atoms with Gasteiger partial charge in [0, 0.05) is 42.1 Å². The lowest BCUT2D eigenvalue weighted by molar-refractivity contribution is -0.124. The number of nitrogen functional groups attached to an aromatic ring is 1. The first kappa shape index (κ1) is 22.7. The van der Waals surface area contributed by atoms with Crippen LogP contribution < -0.4 is 11.1 Å². The zero-order chi connectivity index (χ0) is 25.5. The van der Waals surface area contributed by atoms with E-state index in [1.807, 2.05) is 59.5 Å². The van der Waals surface area contributed by atoms with Gasteiger partial charge in [-0.05, 0) is 59.9 Å². The molecule has 1 aliphatic carbocycles. The Hall–Kier alpha value is -4.72.